The summed E-state index contributed by atoms with van der Waals surface area (Å²) >= 11 is 0. The third-order valence-corrected chi connectivity index (χ3v) is 4.52. The number of aromatic nitrogens is 2. The van der Waals surface area contributed by atoms with Crippen LogP contribution in [0.2, 0.25) is 0 Å². The Hall–Kier alpha value is -2.72. The number of hydrogen-bond acceptors (Lipinski definition) is 3. The molecule has 0 fully saturated rings. The summed E-state index contributed by atoms with van der Waals surface area (Å²) in [4.78, 5) is -1.24. The molecule has 2 N–H and O–H groups in total. The summed E-state index contributed by atoms with van der Waals surface area (Å²) in [7, 11) is -4.74. The van der Waals surface area contributed by atoms with Crippen LogP contribution in [-0.4, -0.2) is 18.2 Å². The van der Waals surface area contributed by atoms with Crippen molar-refractivity contribution >= 4 is 10.0 Å². The second-order valence-corrected chi connectivity index (χ2v) is 6.85. The summed E-state index contributed by atoms with van der Waals surface area (Å²) in [6, 6.07) is 9.81. The van der Waals surface area contributed by atoms with Crippen LogP contribution >= 0.6 is 0 Å². The number of hydrogen-bond donors (Lipinski definition) is 1. The highest BCUT2D eigenvalue weighted by molar-refractivity contribution is 7.89. The van der Waals surface area contributed by atoms with Crippen molar-refractivity contribution in [3.63, 3.8) is 0 Å². The fourth-order valence-electron chi connectivity index (χ4n) is 2.57. The molecule has 1 heterocycles. The Bertz CT molecular complexity index is 1050. The second-order valence-electron chi connectivity index (χ2n) is 5.32. The zero-order chi connectivity index (χ0) is 19.1. The number of nitrogens with zero attached hydrogens (tertiary/aromatic N) is 2. The minimum Gasteiger partial charge on any atom is -0.240 e. The molecule has 0 aliphatic rings. The first kappa shape index (κ1) is 18.1. The number of rotatable bonds is 3. The predicted octanol–water partition coefficient (Wildman–Crippen LogP) is 3.34. The van der Waals surface area contributed by atoms with E-state index in [9.17, 15) is 26.0 Å². The quantitative estimate of drug-likeness (QED) is 0.703. The van der Waals surface area contributed by atoms with Gasteiger partial charge in [-0.15, -0.1) is 0 Å². The molecule has 0 radical (unpaired) electrons. The van der Waals surface area contributed by atoms with Gasteiger partial charge >= 0.3 is 6.18 Å². The van der Waals surface area contributed by atoms with E-state index in [0.717, 1.165) is 10.7 Å². The molecule has 1 aromatic heterocycles. The maximum atomic E-state index is 14.6. The molecule has 2 aromatic carbocycles. The van der Waals surface area contributed by atoms with Crippen molar-refractivity contribution in [1.29, 1.82) is 0 Å². The van der Waals surface area contributed by atoms with E-state index in [1.165, 1.54) is 30.6 Å². The average Bonchev–Trinajstić information content (AvgIpc) is 3.07. The van der Waals surface area contributed by atoms with E-state index in [2.05, 4.69) is 5.10 Å². The molecule has 5 nitrogen and oxygen atoms in total. The number of alkyl halides is 3. The highest BCUT2D eigenvalue weighted by atomic mass is 32.2. The second kappa shape index (κ2) is 6.22. The molecule has 0 unspecified atom stereocenters. The van der Waals surface area contributed by atoms with Gasteiger partial charge in [-0.3, -0.25) is 0 Å². The predicted molar refractivity (Wildman–Crippen MR) is 85.3 cm³/mol. The summed E-state index contributed by atoms with van der Waals surface area (Å²) in [5, 5.41) is 8.68. The van der Waals surface area contributed by atoms with Crippen LogP contribution in [0.3, 0.4) is 0 Å². The Morgan fingerprint density at radius 3 is 2.23 bits per heavy atom. The van der Waals surface area contributed by atoms with E-state index in [0.29, 0.717) is 0 Å². The summed E-state index contributed by atoms with van der Waals surface area (Å²) in [6.07, 6.45) is -2.76. The van der Waals surface area contributed by atoms with Crippen LogP contribution in [0.4, 0.5) is 17.6 Å². The van der Waals surface area contributed by atoms with Crippen LogP contribution < -0.4 is 5.14 Å². The first-order valence-corrected chi connectivity index (χ1v) is 8.67. The van der Waals surface area contributed by atoms with Gasteiger partial charge in [-0.2, -0.15) is 18.3 Å². The van der Waals surface area contributed by atoms with Crippen LogP contribution in [0.15, 0.2) is 59.8 Å². The Labute approximate surface area is 145 Å². The molecule has 0 aliphatic heterocycles. The lowest BCUT2D eigenvalue weighted by Gasteiger charge is -2.20. The third-order valence-electron chi connectivity index (χ3n) is 3.61. The van der Waals surface area contributed by atoms with E-state index in [-0.39, 0.29) is 11.1 Å². The van der Waals surface area contributed by atoms with Crippen LogP contribution in [0.25, 0.3) is 16.8 Å². The molecule has 0 bridgehead atoms. The number of sulfonamides is 1. The zero-order valence-corrected chi connectivity index (χ0v) is 13.7. The lowest BCUT2D eigenvalue weighted by atomic mass is 9.99. The molecule has 26 heavy (non-hydrogen) atoms. The molecule has 136 valence electrons. The lowest BCUT2D eigenvalue weighted by Crippen LogP contribution is -2.21. The lowest BCUT2D eigenvalue weighted by molar-refractivity contribution is -0.140. The van der Waals surface area contributed by atoms with Gasteiger partial charge in [0.1, 0.15) is 10.5 Å². The summed E-state index contributed by atoms with van der Waals surface area (Å²) in [5.41, 5.74) is -2.31. The summed E-state index contributed by atoms with van der Waals surface area (Å²) < 4.78 is 79.7. The number of primary sulfonamides is 1. The van der Waals surface area contributed by atoms with Crippen molar-refractivity contribution in [3.8, 4) is 16.8 Å². The Kier molecular flexibility index (Phi) is 4.32. The monoisotopic (exact) mass is 385 g/mol. The van der Waals surface area contributed by atoms with Gasteiger partial charge in [0.15, 0.2) is 5.82 Å². The highest BCUT2D eigenvalue weighted by Gasteiger charge is 2.42. The van der Waals surface area contributed by atoms with Crippen molar-refractivity contribution in [1.82, 2.24) is 9.78 Å². The standard InChI is InChI=1S/C16H11F4N3O2S/c17-14-12(26(21,24)25)9-11(10-5-2-1-3-6-10)15(13(14)16(18,19)20)23-8-4-7-22-23/h1-9H,(H2,21,24,25). The van der Waals surface area contributed by atoms with E-state index < -0.39 is 38.2 Å². The van der Waals surface area contributed by atoms with E-state index in [1.807, 2.05) is 0 Å². The van der Waals surface area contributed by atoms with Gasteiger partial charge in [0, 0.05) is 18.0 Å². The molecular formula is C16H11F4N3O2S. The Morgan fingerprint density at radius 1 is 1.08 bits per heavy atom. The molecule has 3 aromatic rings. The van der Waals surface area contributed by atoms with Gasteiger partial charge in [-0.05, 0) is 17.7 Å². The van der Waals surface area contributed by atoms with Crippen LogP contribution in [0, 0.1) is 5.82 Å². The van der Waals surface area contributed by atoms with Crippen LogP contribution in [-0.2, 0) is 16.2 Å². The molecule has 0 saturated carbocycles. The SMILES string of the molecule is NS(=O)(=O)c1cc(-c2ccccc2)c(-n2cccn2)c(C(F)(F)F)c1F. The van der Waals surface area contributed by atoms with E-state index >= 15 is 0 Å². The Balaban J connectivity index is 2.54. The van der Waals surface area contributed by atoms with Crippen LogP contribution in [0.1, 0.15) is 5.56 Å². The van der Waals surface area contributed by atoms with E-state index in [4.69, 9.17) is 5.14 Å². The zero-order valence-electron chi connectivity index (χ0n) is 12.9. The minimum absolute atomic E-state index is 0.174. The van der Waals surface area contributed by atoms with Gasteiger partial charge in [0.05, 0.1) is 5.69 Å². The molecule has 10 heteroatoms. The van der Waals surface area contributed by atoms with Crippen LogP contribution in [0.5, 0.6) is 0 Å². The van der Waals surface area contributed by atoms with Crippen molar-refractivity contribution in [2.45, 2.75) is 11.1 Å². The van der Waals surface area contributed by atoms with Crippen molar-refractivity contribution in [2.24, 2.45) is 5.14 Å². The largest absolute Gasteiger partial charge is 0.421 e. The topological polar surface area (TPSA) is 78.0 Å². The molecule has 0 aliphatic carbocycles. The first-order chi connectivity index (χ1) is 12.1. The fourth-order valence-corrected chi connectivity index (χ4v) is 3.20. The molecule has 0 spiro atoms. The Morgan fingerprint density at radius 2 is 1.73 bits per heavy atom. The van der Waals surface area contributed by atoms with Crippen molar-refractivity contribution in [3.05, 3.63) is 66.2 Å². The first-order valence-electron chi connectivity index (χ1n) is 7.12. The smallest absolute Gasteiger partial charge is 0.240 e. The van der Waals surface area contributed by atoms with Crippen molar-refractivity contribution in [2.75, 3.05) is 0 Å². The maximum absolute atomic E-state index is 14.6. The maximum Gasteiger partial charge on any atom is 0.421 e. The average molecular weight is 385 g/mol. The molecule has 0 atom stereocenters. The summed E-state index contributed by atoms with van der Waals surface area (Å²) in [6.45, 7) is 0. The van der Waals surface area contributed by atoms with Gasteiger partial charge in [-0.25, -0.2) is 22.6 Å². The van der Waals surface area contributed by atoms with E-state index in [1.54, 1.807) is 18.2 Å². The normalized spacial score (nSPS) is 12.3. The van der Waals surface area contributed by atoms with Gasteiger partial charge in [0.25, 0.3) is 0 Å². The van der Waals surface area contributed by atoms with Crippen molar-refractivity contribution < 1.29 is 26.0 Å². The van der Waals surface area contributed by atoms with Gasteiger partial charge in [0.2, 0.25) is 10.0 Å². The number of benzene rings is 2. The molecule has 3 rings (SSSR count). The van der Waals surface area contributed by atoms with Gasteiger partial charge in [-0.1, -0.05) is 30.3 Å². The third kappa shape index (κ3) is 3.20. The fraction of sp³-hybridized carbons (Fsp3) is 0.0625. The molecule has 0 amide bonds. The highest BCUT2D eigenvalue weighted by Crippen LogP contribution is 2.42. The molecule has 0 saturated heterocycles. The minimum atomic E-state index is -5.18. The molecular weight excluding hydrogens is 374 g/mol. The number of nitrogens with two attached hydrogens (primary N) is 1. The number of halogens is 4. The summed E-state index contributed by atoms with van der Waals surface area (Å²) in [5.74, 6) is -1.97. The van der Waals surface area contributed by atoms with Gasteiger partial charge < -0.3 is 0 Å².